The lowest BCUT2D eigenvalue weighted by molar-refractivity contribution is -0.131. The lowest BCUT2D eigenvalue weighted by Gasteiger charge is -2.21. The molecule has 1 unspecified atom stereocenters. The third-order valence-corrected chi connectivity index (χ3v) is 3.70. The van der Waals surface area contributed by atoms with E-state index in [1.165, 1.54) is 0 Å². The molecule has 1 heterocycles. The molecule has 1 aromatic rings. The van der Waals surface area contributed by atoms with Crippen molar-refractivity contribution in [3.05, 3.63) is 29.3 Å². The topological polar surface area (TPSA) is 75.4 Å². The van der Waals surface area contributed by atoms with Gasteiger partial charge in [0.1, 0.15) is 6.04 Å². The van der Waals surface area contributed by atoms with Crippen LogP contribution < -0.4 is 11.1 Å². The maximum atomic E-state index is 12.2. The molecule has 0 aromatic heterocycles. The van der Waals surface area contributed by atoms with E-state index in [9.17, 15) is 9.59 Å². The number of para-hydroxylation sites is 1. The molecule has 3 N–H and O–H groups in total. The number of benzene rings is 1. The summed E-state index contributed by atoms with van der Waals surface area (Å²) in [6.07, 6.45) is 2.08. The minimum atomic E-state index is -0.527. The summed E-state index contributed by atoms with van der Waals surface area (Å²) in [5.41, 5.74) is 7.64. The predicted molar refractivity (Wildman–Crippen MR) is 78.3 cm³/mol. The van der Waals surface area contributed by atoms with Crippen molar-refractivity contribution in [3.63, 3.8) is 0 Å². The van der Waals surface area contributed by atoms with Gasteiger partial charge in [0, 0.05) is 18.8 Å². The lowest BCUT2D eigenvalue weighted by Crippen LogP contribution is -2.46. The summed E-state index contributed by atoms with van der Waals surface area (Å²) in [4.78, 5) is 26.1. The molecule has 1 fully saturated rings. The van der Waals surface area contributed by atoms with Gasteiger partial charge in [-0.2, -0.15) is 0 Å². The van der Waals surface area contributed by atoms with Crippen LogP contribution in [0.3, 0.4) is 0 Å². The standard InChI is InChI=1S/C15H21N3O2/c1-10-6-5-7-12(13(10)16)14(19)17-11(2)15(20)18-8-3-4-9-18/h5-7,11H,3-4,8-9,16H2,1-2H3,(H,17,19). The molecule has 108 valence electrons. The maximum Gasteiger partial charge on any atom is 0.254 e. The summed E-state index contributed by atoms with van der Waals surface area (Å²) in [5.74, 6) is -0.326. The van der Waals surface area contributed by atoms with E-state index in [4.69, 9.17) is 5.73 Å². The molecular formula is C15H21N3O2. The monoisotopic (exact) mass is 275 g/mol. The normalized spacial score (nSPS) is 16.0. The zero-order valence-corrected chi connectivity index (χ0v) is 12.0. The largest absolute Gasteiger partial charge is 0.398 e. The SMILES string of the molecule is Cc1cccc(C(=O)NC(C)C(=O)N2CCCC2)c1N. The van der Waals surface area contributed by atoms with E-state index in [0.717, 1.165) is 31.5 Å². The number of carbonyl (C=O) groups excluding carboxylic acids is 2. The fourth-order valence-corrected chi connectivity index (χ4v) is 2.43. The van der Waals surface area contributed by atoms with Crippen LogP contribution in [0.4, 0.5) is 5.69 Å². The summed E-state index contributed by atoms with van der Waals surface area (Å²) >= 11 is 0. The van der Waals surface area contributed by atoms with Crippen molar-refractivity contribution in [1.29, 1.82) is 0 Å². The second-order valence-electron chi connectivity index (χ2n) is 5.26. The number of nitrogen functional groups attached to an aromatic ring is 1. The minimum absolute atomic E-state index is 0.0259. The molecule has 1 atom stereocenters. The van der Waals surface area contributed by atoms with Crippen LogP contribution in [-0.2, 0) is 4.79 Å². The van der Waals surface area contributed by atoms with Crippen LogP contribution >= 0.6 is 0 Å². The number of likely N-dealkylation sites (tertiary alicyclic amines) is 1. The van der Waals surface area contributed by atoms with E-state index < -0.39 is 6.04 Å². The third kappa shape index (κ3) is 2.92. The van der Waals surface area contributed by atoms with Crippen molar-refractivity contribution in [2.24, 2.45) is 0 Å². The van der Waals surface area contributed by atoms with Gasteiger partial charge in [0.25, 0.3) is 5.91 Å². The summed E-state index contributed by atoms with van der Waals surface area (Å²) < 4.78 is 0. The number of rotatable bonds is 3. The van der Waals surface area contributed by atoms with Gasteiger partial charge in [-0.05, 0) is 38.3 Å². The summed E-state index contributed by atoms with van der Waals surface area (Å²) in [6, 6.07) is 4.78. The van der Waals surface area contributed by atoms with Crippen LogP contribution in [0.1, 0.15) is 35.7 Å². The van der Waals surface area contributed by atoms with Gasteiger partial charge in [-0.25, -0.2) is 0 Å². The molecule has 5 heteroatoms. The first-order valence-corrected chi connectivity index (χ1v) is 6.95. The molecule has 0 spiro atoms. The van der Waals surface area contributed by atoms with Gasteiger partial charge in [0.15, 0.2) is 0 Å². The highest BCUT2D eigenvalue weighted by Crippen LogP contribution is 2.16. The fraction of sp³-hybridized carbons (Fsp3) is 0.467. The van der Waals surface area contributed by atoms with Gasteiger partial charge < -0.3 is 16.0 Å². The second kappa shape index (κ2) is 5.94. The Morgan fingerprint density at radius 2 is 1.95 bits per heavy atom. The molecule has 1 aliphatic heterocycles. The van der Waals surface area contributed by atoms with Gasteiger partial charge in [0.05, 0.1) is 5.56 Å². The Morgan fingerprint density at radius 1 is 1.30 bits per heavy atom. The first kappa shape index (κ1) is 14.4. The Morgan fingerprint density at radius 3 is 2.60 bits per heavy atom. The summed E-state index contributed by atoms with van der Waals surface area (Å²) in [7, 11) is 0. The number of nitrogens with one attached hydrogen (secondary N) is 1. The molecule has 1 aliphatic rings. The quantitative estimate of drug-likeness (QED) is 0.817. The van der Waals surface area contributed by atoms with E-state index in [1.54, 1.807) is 24.0 Å². The average molecular weight is 275 g/mol. The molecule has 1 saturated heterocycles. The molecule has 0 radical (unpaired) electrons. The first-order valence-electron chi connectivity index (χ1n) is 6.95. The van der Waals surface area contributed by atoms with Gasteiger partial charge in [-0.15, -0.1) is 0 Å². The van der Waals surface area contributed by atoms with Crippen LogP contribution in [0.5, 0.6) is 0 Å². The van der Waals surface area contributed by atoms with Crippen LogP contribution in [0, 0.1) is 6.92 Å². The summed E-state index contributed by atoms with van der Waals surface area (Å²) in [6.45, 7) is 5.13. The fourth-order valence-electron chi connectivity index (χ4n) is 2.43. The highest BCUT2D eigenvalue weighted by atomic mass is 16.2. The van der Waals surface area contributed by atoms with Crippen LogP contribution in [0.25, 0.3) is 0 Å². The number of nitrogens with two attached hydrogens (primary N) is 1. The number of nitrogens with zero attached hydrogens (tertiary/aromatic N) is 1. The third-order valence-electron chi connectivity index (χ3n) is 3.70. The molecule has 1 aromatic carbocycles. The van der Waals surface area contributed by atoms with Gasteiger partial charge in [-0.1, -0.05) is 12.1 Å². The molecule has 5 nitrogen and oxygen atoms in total. The van der Waals surface area contributed by atoms with Crippen molar-refractivity contribution < 1.29 is 9.59 Å². The number of hydrogen-bond acceptors (Lipinski definition) is 3. The van der Waals surface area contributed by atoms with Gasteiger partial charge in [-0.3, -0.25) is 9.59 Å². The van der Waals surface area contributed by atoms with Crippen molar-refractivity contribution >= 4 is 17.5 Å². The smallest absolute Gasteiger partial charge is 0.254 e. The predicted octanol–water partition coefficient (Wildman–Crippen LogP) is 1.32. The molecular weight excluding hydrogens is 254 g/mol. The van der Waals surface area contributed by atoms with Crippen molar-refractivity contribution in [2.75, 3.05) is 18.8 Å². The molecule has 2 amide bonds. The minimum Gasteiger partial charge on any atom is -0.398 e. The van der Waals surface area contributed by atoms with Crippen LogP contribution in [0.15, 0.2) is 18.2 Å². The number of hydrogen-bond donors (Lipinski definition) is 2. The molecule has 0 saturated carbocycles. The zero-order chi connectivity index (χ0) is 14.7. The van der Waals surface area contributed by atoms with Crippen LogP contribution in [0.2, 0.25) is 0 Å². The van der Waals surface area contributed by atoms with E-state index in [-0.39, 0.29) is 11.8 Å². The number of amides is 2. The lowest BCUT2D eigenvalue weighted by atomic mass is 10.1. The van der Waals surface area contributed by atoms with Crippen molar-refractivity contribution in [1.82, 2.24) is 10.2 Å². The Balaban J connectivity index is 2.03. The summed E-state index contributed by atoms with van der Waals surface area (Å²) in [5, 5.41) is 2.73. The highest BCUT2D eigenvalue weighted by Gasteiger charge is 2.25. The van der Waals surface area contributed by atoms with E-state index >= 15 is 0 Å². The Labute approximate surface area is 119 Å². The first-order chi connectivity index (χ1) is 9.50. The molecule has 2 rings (SSSR count). The second-order valence-corrected chi connectivity index (χ2v) is 5.26. The molecule has 0 bridgehead atoms. The van der Waals surface area contributed by atoms with Gasteiger partial charge in [0.2, 0.25) is 5.91 Å². The number of carbonyl (C=O) groups is 2. The Hall–Kier alpha value is -2.04. The number of anilines is 1. The Bertz CT molecular complexity index is 522. The van der Waals surface area contributed by atoms with E-state index in [2.05, 4.69) is 5.32 Å². The number of aryl methyl sites for hydroxylation is 1. The van der Waals surface area contributed by atoms with E-state index in [0.29, 0.717) is 11.3 Å². The zero-order valence-electron chi connectivity index (χ0n) is 12.0. The Kier molecular flexibility index (Phi) is 4.27. The van der Waals surface area contributed by atoms with Crippen molar-refractivity contribution in [2.45, 2.75) is 32.7 Å². The molecule has 0 aliphatic carbocycles. The average Bonchev–Trinajstić information content (AvgIpc) is 2.94. The molecule has 20 heavy (non-hydrogen) atoms. The van der Waals surface area contributed by atoms with Gasteiger partial charge >= 0.3 is 0 Å². The maximum absolute atomic E-state index is 12.2. The highest BCUT2D eigenvalue weighted by molar-refractivity contribution is 6.01. The van der Waals surface area contributed by atoms with Crippen molar-refractivity contribution in [3.8, 4) is 0 Å². The van der Waals surface area contributed by atoms with Crippen LogP contribution in [-0.4, -0.2) is 35.8 Å². The van der Waals surface area contributed by atoms with E-state index in [1.807, 2.05) is 13.0 Å².